The molecule has 1 N–H and O–H groups in total. The highest BCUT2D eigenvalue weighted by Crippen LogP contribution is 2.29. The van der Waals surface area contributed by atoms with E-state index in [0.29, 0.717) is 12.4 Å². The Bertz CT molecular complexity index is 710. The standard InChI is InChI=1S/C18H22N4O2S/c23-16(21-18-20-14-5-1-2-6-15(14)25-18)12-22-10-8-13(11-22)24-17-7-3-4-9-19-17/h3-4,7,9,13H,1-2,5-6,8,10-12H2,(H,20,21,23). The Labute approximate surface area is 151 Å². The van der Waals surface area contributed by atoms with Crippen LogP contribution >= 0.6 is 11.3 Å². The predicted molar refractivity (Wildman–Crippen MR) is 97.1 cm³/mol. The zero-order valence-electron chi connectivity index (χ0n) is 14.1. The number of thiazole rings is 1. The molecule has 4 rings (SSSR count). The summed E-state index contributed by atoms with van der Waals surface area (Å²) < 4.78 is 5.87. The molecule has 0 bridgehead atoms. The van der Waals surface area contributed by atoms with Crippen molar-refractivity contribution in [3.8, 4) is 5.88 Å². The molecule has 1 aliphatic carbocycles. The minimum absolute atomic E-state index is 0.00424. The normalized spacial score (nSPS) is 20.2. The van der Waals surface area contributed by atoms with E-state index in [1.54, 1.807) is 17.5 Å². The largest absolute Gasteiger partial charge is 0.473 e. The second-order valence-corrected chi connectivity index (χ2v) is 7.66. The molecular formula is C18H22N4O2S. The third kappa shape index (κ3) is 4.16. The molecule has 1 saturated heterocycles. The van der Waals surface area contributed by atoms with Crippen molar-refractivity contribution in [2.45, 2.75) is 38.2 Å². The van der Waals surface area contributed by atoms with Crippen LogP contribution in [0.5, 0.6) is 5.88 Å². The Kier molecular flexibility index (Phi) is 4.94. The van der Waals surface area contributed by atoms with Crippen LogP contribution in [0.25, 0.3) is 0 Å². The van der Waals surface area contributed by atoms with Crippen LogP contribution in [-0.4, -0.2) is 46.5 Å². The van der Waals surface area contributed by atoms with Crippen molar-refractivity contribution >= 4 is 22.4 Å². The van der Waals surface area contributed by atoms with Crippen LogP contribution < -0.4 is 10.1 Å². The Morgan fingerprint density at radius 3 is 3.12 bits per heavy atom. The van der Waals surface area contributed by atoms with E-state index in [2.05, 4.69) is 20.2 Å². The van der Waals surface area contributed by atoms with Crippen LogP contribution in [0, 0.1) is 0 Å². The van der Waals surface area contributed by atoms with Gasteiger partial charge >= 0.3 is 0 Å². The number of likely N-dealkylation sites (tertiary alicyclic amines) is 1. The van der Waals surface area contributed by atoms with Gasteiger partial charge in [0.25, 0.3) is 0 Å². The molecule has 0 saturated carbocycles. The van der Waals surface area contributed by atoms with Gasteiger partial charge in [-0.2, -0.15) is 0 Å². The molecule has 3 heterocycles. The van der Waals surface area contributed by atoms with Gasteiger partial charge in [-0.25, -0.2) is 9.97 Å². The fourth-order valence-corrected chi connectivity index (χ4v) is 4.46. The topological polar surface area (TPSA) is 67.4 Å². The van der Waals surface area contributed by atoms with Crippen LogP contribution in [0.3, 0.4) is 0 Å². The van der Waals surface area contributed by atoms with Gasteiger partial charge in [0.05, 0.1) is 12.2 Å². The molecule has 132 valence electrons. The number of pyridine rings is 1. The number of hydrogen-bond donors (Lipinski definition) is 1. The third-order valence-corrected chi connectivity index (χ3v) is 5.69. The second-order valence-electron chi connectivity index (χ2n) is 6.58. The Hall–Kier alpha value is -1.99. The summed E-state index contributed by atoms with van der Waals surface area (Å²) in [5.41, 5.74) is 1.18. The summed E-state index contributed by atoms with van der Waals surface area (Å²) in [5, 5.41) is 3.71. The van der Waals surface area contributed by atoms with Crippen LogP contribution in [-0.2, 0) is 17.6 Å². The first-order chi connectivity index (χ1) is 12.3. The minimum atomic E-state index is 0.00424. The molecule has 25 heavy (non-hydrogen) atoms. The maximum atomic E-state index is 12.3. The van der Waals surface area contributed by atoms with Crippen molar-refractivity contribution in [2.24, 2.45) is 0 Å². The summed E-state index contributed by atoms with van der Waals surface area (Å²) in [7, 11) is 0. The maximum Gasteiger partial charge on any atom is 0.240 e. The van der Waals surface area contributed by atoms with E-state index >= 15 is 0 Å². The fourth-order valence-electron chi connectivity index (χ4n) is 3.39. The van der Waals surface area contributed by atoms with Gasteiger partial charge in [-0.3, -0.25) is 9.69 Å². The van der Waals surface area contributed by atoms with Crippen molar-refractivity contribution in [3.63, 3.8) is 0 Å². The Balaban J connectivity index is 1.26. The van der Waals surface area contributed by atoms with Crippen molar-refractivity contribution in [1.29, 1.82) is 0 Å². The molecule has 0 radical (unpaired) electrons. The van der Waals surface area contributed by atoms with Gasteiger partial charge in [-0.1, -0.05) is 6.07 Å². The van der Waals surface area contributed by atoms with Crippen molar-refractivity contribution in [3.05, 3.63) is 35.0 Å². The molecule has 6 nitrogen and oxygen atoms in total. The molecule has 1 unspecified atom stereocenters. The van der Waals surface area contributed by atoms with Crippen molar-refractivity contribution < 1.29 is 9.53 Å². The second kappa shape index (κ2) is 7.49. The number of hydrogen-bond acceptors (Lipinski definition) is 6. The van der Waals surface area contributed by atoms with E-state index in [1.165, 1.54) is 23.4 Å². The van der Waals surface area contributed by atoms with E-state index in [4.69, 9.17) is 4.74 Å². The monoisotopic (exact) mass is 358 g/mol. The highest BCUT2D eigenvalue weighted by atomic mass is 32.1. The van der Waals surface area contributed by atoms with Gasteiger partial charge in [-0.05, 0) is 38.2 Å². The summed E-state index contributed by atoms with van der Waals surface area (Å²) in [6, 6.07) is 5.64. The average molecular weight is 358 g/mol. The van der Waals surface area contributed by atoms with Gasteiger partial charge in [0.2, 0.25) is 11.8 Å². The lowest BCUT2D eigenvalue weighted by molar-refractivity contribution is -0.117. The number of fused-ring (bicyclic) bond motifs is 1. The third-order valence-electron chi connectivity index (χ3n) is 4.61. The van der Waals surface area contributed by atoms with E-state index in [0.717, 1.165) is 37.5 Å². The van der Waals surface area contributed by atoms with Gasteiger partial charge < -0.3 is 10.1 Å². The number of carbonyl (C=O) groups excluding carboxylic acids is 1. The number of ether oxygens (including phenoxy) is 1. The van der Waals surface area contributed by atoms with Gasteiger partial charge in [0.1, 0.15) is 6.10 Å². The number of carbonyl (C=O) groups is 1. The molecule has 7 heteroatoms. The number of amides is 1. The Morgan fingerprint density at radius 1 is 1.36 bits per heavy atom. The highest BCUT2D eigenvalue weighted by molar-refractivity contribution is 7.15. The predicted octanol–water partition coefficient (Wildman–Crippen LogP) is 2.51. The zero-order valence-corrected chi connectivity index (χ0v) is 14.9. The molecule has 1 amide bonds. The van der Waals surface area contributed by atoms with Crippen LogP contribution in [0.4, 0.5) is 5.13 Å². The van der Waals surface area contributed by atoms with E-state index in [1.807, 2.05) is 18.2 Å². The van der Waals surface area contributed by atoms with Crippen molar-refractivity contribution in [2.75, 3.05) is 25.0 Å². The molecule has 0 spiro atoms. The van der Waals surface area contributed by atoms with Crippen molar-refractivity contribution in [1.82, 2.24) is 14.9 Å². The van der Waals surface area contributed by atoms with E-state index in [9.17, 15) is 4.79 Å². The van der Waals surface area contributed by atoms with Crippen LogP contribution in [0.1, 0.15) is 29.8 Å². The van der Waals surface area contributed by atoms with Gasteiger partial charge in [0.15, 0.2) is 5.13 Å². The molecule has 1 aliphatic heterocycles. The molecule has 2 aromatic heterocycles. The fraction of sp³-hybridized carbons (Fsp3) is 0.500. The zero-order chi connectivity index (χ0) is 17.1. The van der Waals surface area contributed by atoms with Gasteiger partial charge in [0, 0.05) is 30.2 Å². The molecule has 0 aromatic carbocycles. The number of nitrogens with zero attached hydrogens (tertiary/aromatic N) is 3. The highest BCUT2D eigenvalue weighted by Gasteiger charge is 2.26. The number of anilines is 1. The summed E-state index contributed by atoms with van der Waals surface area (Å²) in [6.45, 7) is 1.99. The quantitative estimate of drug-likeness (QED) is 0.889. The molecule has 1 fully saturated rings. The van der Waals surface area contributed by atoms with E-state index < -0.39 is 0 Å². The number of rotatable bonds is 5. The maximum absolute atomic E-state index is 12.3. The minimum Gasteiger partial charge on any atom is -0.473 e. The molecule has 2 aliphatic rings. The molecule has 1 atom stereocenters. The first kappa shape index (κ1) is 16.5. The van der Waals surface area contributed by atoms with Crippen LogP contribution in [0.2, 0.25) is 0 Å². The molecular weight excluding hydrogens is 336 g/mol. The average Bonchev–Trinajstić information content (AvgIpc) is 3.21. The molecule has 2 aromatic rings. The number of aryl methyl sites for hydroxylation is 2. The lowest BCUT2D eigenvalue weighted by Crippen LogP contribution is -2.33. The summed E-state index contributed by atoms with van der Waals surface area (Å²) in [6.07, 6.45) is 7.30. The van der Waals surface area contributed by atoms with Gasteiger partial charge in [-0.15, -0.1) is 11.3 Å². The summed E-state index contributed by atoms with van der Waals surface area (Å²) >= 11 is 1.63. The Morgan fingerprint density at radius 2 is 2.28 bits per heavy atom. The summed E-state index contributed by atoms with van der Waals surface area (Å²) in [4.78, 5) is 24.5. The lowest BCUT2D eigenvalue weighted by Gasteiger charge is -2.15. The van der Waals surface area contributed by atoms with Crippen LogP contribution in [0.15, 0.2) is 24.4 Å². The first-order valence-electron chi connectivity index (χ1n) is 8.85. The lowest BCUT2D eigenvalue weighted by atomic mass is 10.0. The van der Waals surface area contributed by atoms with E-state index in [-0.39, 0.29) is 12.0 Å². The first-order valence-corrected chi connectivity index (χ1v) is 9.66. The number of nitrogens with one attached hydrogen (secondary N) is 1. The SMILES string of the molecule is O=C(CN1CCC(Oc2ccccn2)C1)Nc1nc2c(s1)CCCC2. The summed E-state index contributed by atoms with van der Waals surface area (Å²) in [5.74, 6) is 0.650. The number of aromatic nitrogens is 2. The smallest absolute Gasteiger partial charge is 0.240 e.